The highest BCUT2D eigenvalue weighted by Crippen LogP contribution is 2.46. The minimum atomic E-state index is -0.796. The molecule has 1 saturated heterocycles. The van der Waals surface area contributed by atoms with Gasteiger partial charge in [-0.05, 0) is 18.2 Å². The van der Waals surface area contributed by atoms with Crippen molar-refractivity contribution in [2.24, 2.45) is 16.6 Å². The van der Waals surface area contributed by atoms with E-state index in [1.54, 1.807) is 6.07 Å². The van der Waals surface area contributed by atoms with E-state index in [9.17, 15) is 9.18 Å². The third-order valence-corrected chi connectivity index (χ3v) is 6.03. The SMILES string of the molecule is Cl.NC1=N[C@@]2(c3cc(NC(=O)c4ncc(Cl)cn4)ccc3F)CCOC[C@H]2CS1. The fraction of sp³-hybridized carbons (Fsp3) is 0.333. The van der Waals surface area contributed by atoms with Crippen LogP contribution in [0.3, 0.4) is 0 Å². The molecular weight excluding hydrogens is 440 g/mol. The molecule has 0 radical (unpaired) electrons. The highest BCUT2D eigenvalue weighted by Gasteiger charge is 2.47. The molecule has 7 nitrogen and oxygen atoms in total. The van der Waals surface area contributed by atoms with Crippen molar-refractivity contribution < 1.29 is 13.9 Å². The van der Waals surface area contributed by atoms with Gasteiger partial charge in [0.1, 0.15) is 5.82 Å². The van der Waals surface area contributed by atoms with Crippen molar-refractivity contribution in [2.75, 3.05) is 24.3 Å². The number of fused-ring (bicyclic) bond motifs is 1. The highest BCUT2D eigenvalue weighted by atomic mass is 35.5. The van der Waals surface area contributed by atoms with Crippen molar-refractivity contribution >= 4 is 52.5 Å². The molecule has 1 aromatic carbocycles. The Balaban J connectivity index is 0.00000240. The first-order chi connectivity index (χ1) is 13.5. The number of amidine groups is 1. The molecule has 2 aliphatic rings. The highest BCUT2D eigenvalue weighted by molar-refractivity contribution is 8.13. The Labute approximate surface area is 182 Å². The summed E-state index contributed by atoms with van der Waals surface area (Å²) in [7, 11) is 0. The van der Waals surface area contributed by atoms with Crippen LogP contribution in [0.4, 0.5) is 10.1 Å². The van der Waals surface area contributed by atoms with Gasteiger partial charge < -0.3 is 15.8 Å². The minimum Gasteiger partial charge on any atom is -0.381 e. The quantitative estimate of drug-likeness (QED) is 0.732. The number of anilines is 1. The van der Waals surface area contributed by atoms with Crippen molar-refractivity contribution in [1.82, 2.24) is 9.97 Å². The first-order valence-corrected chi connectivity index (χ1v) is 9.99. The summed E-state index contributed by atoms with van der Waals surface area (Å²) in [6.07, 6.45) is 3.19. The number of rotatable bonds is 3. The Bertz CT molecular complexity index is 946. The van der Waals surface area contributed by atoms with E-state index in [0.717, 1.165) is 0 Å². The van der Waals surface area contributed by atoms with E-state index in [0.29, 0.717) is 46.8 Å². The lowest BCUT2D eigenvalue weighted by molar-refractivity contribution is 0.00886. The largest absolute Gasteiger partial charge is 0.381 e. The second-order valence-corrected chi connectivity index (χ2v) is 8.06. The number of aromatic nitrogens is 2. The molecule has 29 heavy (non-hydrogen) atoms. The third kappa shape index (κ3) is 4.32. The number of carbonyl (C=O) groups excluding carboxylic acids is 1. The number of carbonyl (C=O) groups is 1. The second-order valence-electron chi connectivity index (χ2n) is 6.58. The van der Waals surface area contributed by atoms with Crippen molar-refractivity contribution in [1.29, 1.82) is 0 Å². The maximum absolute atomic E-state index is 14.8. The fourth-order valence-corrected chi connectivity index (χ4v) is 4.58. The van der Waals surface area contributed by atoms with Gasteiger partial charge in [0.15, 0.2) is 5.17 Å². The molecule has 2 atom stereocenters. The number of thioether (sulfide) groups is 1. The van der Waals surface area contributed by atoms with Gasteiger partial charge in [-0.1, -0.05) is 23.4 Å². The molecule has 0 aliphatic carbocycles. The first-order valence-electron chi connectivity index (χ1n) is 8.63. The standard InChI is InChI=1S/C18H17ClFN5O2S.ClH/c19-11-6-22-15(23-7-11)16(26)24-12-1-2-14(20)13(5-12)18-3-4-27-8-10(18)9-28-17(21)25-18;/h1-2,5-7,10H,3-4,8-9H2,(H2,21,25)(H,24,26);1H/t10-,18-;/m0./s1. The third-order valence-electron chi connectivity index (χ3n) is 4.88. The molecule has 3 heterocycles. The Morgan fingerprint density at radius 1 is 1.38 bits per heavy atom. The maximum atomic E-state index is 14.8. The summed E-state index contributed by atoms with van der Waals surface area (Å²) in [6.45, 7) is 0.949. The summed E-state index contributed by atoms with van der Waals surface area (Å²) in [5.74, 6) is -0.245. The van der Waals surface area contributed by atoms with Crippen molar-refractivity contribution in [2.45, 2.75) is 12.0 Å². The van der Waals surface area contributed by atoms with E-state index in [4.69, 9.17) is 22.1 Å². The molecular formula is C18H18Cl2FN5O2S. The molecule has 1 fully saturated rings. The molecule has 2 aromatic rings. The molecule has 2 aliphatic heterocycles. The van der Waals surface area contributed by atoms with E-state index >= 15 is 0 Å². The van der Waals surface area contributed by atoms with Gasteiger partial charge in [-0.15, -0.1) is 12.4 Å². The van der Waals surface area contributed by atoms with E-state index in [2.05, 4.69) is 20.3 Å². The fourth-order valence-electron chi connectivity index (χ4n) is 3.51. The van der Waals surface area contributed by atoms with Crippen LogP contribution in [0.5, 0.6) is 0 Å². The van der Waals surface area contributed by atoms with Crippen LogP contribution in [0, 0.1) is 11.7 Å². The lowest BCUT2D eigenvalue weighted by Gasteiger charge is -2.44. The predicted molar refractivity (Wildman–Crippen MR) is 113 cm³/mol. The number of aliphatic imine (C=N–C) groups is 1. The average Bonchev–Trinajstić information content (AvgIpc) is 2.69. The number of halogens is 3. The van der Waals surface area contributed by atoms with Crippen LogP contribution in [0.2, 0.25) is 5.02 Å². The average molecular weight is 458 g/mol. The summed E-state index contributed by atoms with van der Waals surface area (Å²) >= 11 is 7.19. The molecule has 1 amide bonds. The molecule has 0 spiro atoms. The second kappa shape index (κ2) is 8.83. The normalized spacial score (nSPS) is 23.4. The maximum Gasteiger partial charge on any atom is 0.293 e. The number of ether oxygens (including phenoxy) is 1. The molecule has 4 rings (SSSR count). The van der Waals surface area contributed by atoms with Crippen LogP contribution in [0.15, 0.2) is 35.6 Å². The smallest absolute Gasteiger partial charge is 0.293 e. The van der Waals surface area contributed by atoms with Gasteiger partial charge in [-0.3, -0.25) is 9.79 Å². The van der Waals surface area contributed by atoms with Gasteiger partial charge in [-0.2, -0.15) is 0 Å². The van der Waals surface area contributed by atoms with Crippen molar-refractivity contribution in [3.8, 4) is 0 Å². The summed E-state index contributed by atoms with van der Waals surface area (Å²) in [5, 5.41) is 3.46. The molecule has 154 valence electrons. The van der Waals surface area contributed by atoms with Gasteiger partial charge in [0.25, 0.3) is 5.91 Å². The molecule has 3 N–H and O–H groups in total. The molecule has 0 bridgehead atoms. The summed E-state index contributed by atoms with van der Waals surface area (Å²) in [4.78, 5) is 24.8. The van der Waals surface area contributed by atoms with E-state index < -0.39 is 17.3 Å². The Morgan fingerprint density at radius 3 is 2.90 bits per heavy atom. The van der Waals surface area contributed by atoms with Crippen LogP contribution < -0.4 is 11.1 Å². The molecule has 11 heteroatoms. The number of nitrogens with zero attached hydrogens (tertiary/aromatic N) is 3. The Kier molecular flexibility index (Phi) is 6.62. The van der Waals surface area contributed by atoms with Crippen LogP contribution in [0.1, 0.15) is 22.6 Å². The van der Waals surface area contributed by atoms with Crippen LogP contribution in [0.25, 0.3) is 0 Å². The van der Waals surface area contributed by atoms with Crippen LogP contribution in [-0.2, 0) is 10.3 Å². The number of nitrogens with two attached hydrogens (primary N) is 1. The molecule has 0 saturated carbocycles. The number of hydrogen-bond donors (Lipinski definition) is 2. The van der Waals surface area contributed by atoms with E-state index in [1.165, 1.54) is 36.3 Å². The number of hydrogen-bond acceptors (Lipinski definition) is 7. The van der Waals surface area contributed by atoms with Gasteiger partial charge in [0, 0.05) is 48.3 Å². The van der Waals surface area contributed by atoms with Gasteiger partial charge in [0.05, 0.1) is 17.2 Å². The first kappa shape index (κ1) is 21.8. The van der Waals surface area contributed by atoms with Crippen LogP contribution >= 0.6 is 35.8 Å². The zero-order chi connectivity index (χ0) is 19.7. The predicted octanol–water partition coefficient (Wildman–Crippen LogP) is 3.24. The Hall–Kier alpha value is -1.94. The van der Waals surface area contributed by atoms with Gasteiger partial charge >= 0.3 is 0 Å². The van der Waals surface area contributed by atoms with Crippen LogP contribution in [-0.4, -0.2) is 40.0 Å². The molecule has 1 aromatic heterocycles. The summed E-state index contributed by atoms with van der Waals surface area (Å²) in [5.41, 5.74) is 6.00. The van der Waals surface area contributed by atoms with Gasteiger partial charge in [-0.25, -0.2) is 14.4 Å². The van der Waals surface area contributed by atoms with E-state index in [1.807, 2.05) is 0 Å². The lowest BCUT2D eigenvalue weighted by Crippen LogP contribution is -2.47. The van der Waals surface area contributed by atoms with Crippen molar-refractivity contribution in [3.63, 3.8) is 0 Å². The topological polar surface area (TPSA) is 102 Å². The minimum absolute atomic E-state index is 0. The molecule has 0 unspecified atom stereocenters. The zero-order valence-corrected chi connectivity index (χ0v) is 17.5. The summed E-state index contributed by atoms with van der Waals surface area (Å²) in [6, 6.07) is 4.42. The number of amides is 1. The van der Waals surface area contributed by atoms with E-state index in [-0.39, 0.29) is 24.1 Å². The van der Waals surface area contributed by atoms with Crippen molar-refractivity contribution in [3.05, 3.63) is 52.8 Å². The lowest BCUT2D eigenvalue weighted by atomic mass is 9.75. The monoisotopic (exact) mass is 457 g/mol. The van der Waals surface area contributed by atoms with Gasteiger partial charge in [0.2, 0.25) is 5.82 Å². The summed E-state index contributed by atoms with van der Waals surface area (Å²) < 4.78 is 20.4. The Morgan fingerprint density at radius 2 is 2.14 bits per heavy atom. The number of nitrogens with one attached hydrogen (secondary N) is 1. The zero-order valence-electron chi connectivity index (χ0n) is 15.1. The number of benzene rings is 1.